The van der Waals surface area contributed by atoms with E-state index in [1.54, 1.807) is 42.5 Å². The van der Waals surface area contributed by atoms with E-state index in [1.807, 2.05) is 43.3 Å². The van der Waals surface area contributed by atoms with Crippen LogP contribution in [0.4, 0.5) is 5.69 Å². The average molecular weight is 515 g/mol. The standard InChI is InChI=1S/C29H30N4O3S/c1-19-5-7-20(8-6-19)9-18-25(34)31-28(37)33-32-27(36)22-12-16-24(17-13-22)30-26(35)21-10-14-23(15-11-21)29(2,3)4/h5-18H,1-4H3,(H,30,35)(H,32,36)(H2,31,33,34,37)/b18-9+. The van der Waals surface area contributed by atoms with E-state index in [1.165, 1.54) is 6.08 Å². The number of aryl methyl sites for hydroxylation is 1. The maximum atomic E-state index is 12.5. The van der Waals surface area contributed by atoms with Gasteiger partial charge in [0.2, 0.25) is 5.91 Å². The molecule has 0 saturated heterocycles. The lowest BCUT2D eigenvalue weighted by atomic mass is 9.87. The molecule has 0 aliphatic rings. The van der Waals surface area contributed by atoms with Crippen molar-refractivity contribution in [3.63, 3.8) is 0 Å². The molecule has 0 spiro atoms. The maximum Gasteiger partial charge on any atom is 0.269 e. The summed E-state index contributed by atoms with van der Waals surface area (Å²) in [6.45, 7) is 8.33. The van der Waals surface area contributed by atoms with Gasteiger partial charge in [-0.15, -0.1) is 0 Å². The van der Waals surface area contributed by atoms with Crippen LogP contribution in [0.5, 0.6) is 0 Å². The summed E-state index contributed by atoms with van der Waals surface area (Å²) in [7, 11) is 0. The van der Waals surface area contributed by atoms with Gasteiger partial charge < -0.3 is 5.32 Å². The number of anilines is 1. The fourth-order valence-corrected chi connectivity index (χ4v) is 3.40. The van der Waals surface area contributed by atoms with E-state index in [4.69, 9.17) is 12.2 Å². The largest absolute Gasteiger partial charge is 0.322 e. The van der Waals surface area contributed by atoms with Crippen LogP contribution in [0.15, 0.2) is 78.9 Å². The lowest BCUT2D eigenvalue weighted by Crippen LogP contribution is -2.48. The number of hydrazine groups is 1. The van der Waals surface area contributed by atoms with Gasteiger partial charge in [-0.2, -0.15) is 0 Å². The van der Waals surface area contributed by atoms with Crippen LogP contribution in [0.1, 0.15) is 58.2 Å². The van der Waals surface area contributed by atoms with Crippen molar-refractivity contribution in [2.45, 2.75) is 33.1 Å². The van der Waals surface area contributed by atoms with Crippen LogP contribution in [-0.2, 0) is 10.2 Å². The van der Waals surface area contributed by atoms with Gasteiger partial charge in [-0.1, -0.05) is 62.7 Å². The minimum atomic E-state index is -0.456. The number of carbonyl (C=O) groups excluding carboxylic acids is 3. The van der Waals surface area contributed by atoms with Gasteiger partial charge in [0, 0.05) is 22.9 Å². The fourth-order valence-electron chi connectivity index (χ4n) is 3.25. The molecule has 0 aromatic heterocycles. The average Bonchev–Trinajstić information content (AvgIpc) is 2.87. The minimum absolute atomic E-state index is 0.00827. The Morgan fingerprint density at radius 2 is 1.32 bits per heavy atom. The predicted octanol–water partition coefficient (Wildman–Crippen LogP) is 4.89. The fraction of sp³-hybridized carbons (Fsp3) is 0.172. The van der Waals surface area contributed by atoms with Gasteiger partial charge >= 0.3 is 0 Å². The van der Waals surface area contributed by atoms with Crippen molar-refractivity contribution < 1.29 is 14.4 Å². The van der Waals surface area contributed by atoms with E-state index in [2.05, 4.69) is 42.3 Å². The number of thiocarbonyl (C=S) groups is 1. The molecule has 3 aromatic carbocycles. The molecule has 3 amide bonds. The third-order valence-electron chi connectivity index (χ3n) is 5.45. The summed E-state index contributed by atoms with van der Waals surface area (Å²) in [5.41, 5.74) is 9.53. The lowest BCUT2D eigenvalue weighted by Gasteiger charge is -2.19. The summed E-state index contributed by atoms with van der Waals surface area (Å²) in [6.07, 6.45) is 3.02. The molecule has 0 aliphatic carbocycles. The van der Waals surface area contributed by atoms with Gasteiger partial charge in [-0.25, -0.2) is 0 Å². The van der Waals surface area contributed by atoms with Gasteiger partial charge in [0.15, 0.2) is 5.11 Å². The first-order valence-corrected chi connectivity index (χ1v) is 12.1. The van der Waals surface area contributed by atoms with Gasteiger partial charge in [0.25, 0.3) is 11.8 Å². The number of hydrogen-bond acceptors (Lipinski definition) is 4. The number of carbonyl (C=O) groups is 3. The molecule has 7 nitrogen and oxygen atoms in total. The normalized spacial score (nSPS) is 11.0. The van der Waals surface area contributed by atoms with Crippen molar-refractivity contribution in [3.8, 4) is 0 Å². The number of benzene rings is 3. The molecule has 0 atom stereocenters. The van der Waals surface area contributed by atoms with E-state index in [0.29, 0.717) is 16.8 Å². The molecule has 0 bridgehead atoms. The highest BCUT2D eigenvalue weighted by molar-refractivity contribution is 7.80. The topological polar surface area (TPSA) is 99.3 Å². The number of amides is 3. The first kappa shape index (κ1) is 27.3. The van der Waals surface area contributed by atoms with Gasteiger partial charge in [-0.05, 0) is 78.2 Å². The monoisotopic (exact) mass is 514 g/mol. The minimum Gasteiger partial charge on any atom is -0.322 e. The summed E-state index contributed by atoms with van der Waals surface area (Å²) < 4.78 is 0. The van der Waals surface area contributed by atoms with Crippen molar-refractivity contribution >= 4 is 46.8 Å². The third kappa shape index (κ3) is 8.40. The van der Waals surface area contributed by atoms with Crippen LogP contribution >= 0.6 is 12.2 Å². The smallest absolute Gasteiger partial charge is 0.269 e. The predicted molar refractivity (Wildman–Crippen MR) is 151 cm³/mol. The molecule has 3 aromatic rings. The van der Waals surface area contributed by atoms with E-state index < -0.39 is 11.8 Å². The highest BCUT2D eigenvalue weighted by Gasteiger charge is 2.14. The highest BCUT2D eigenvalue weighted by atomic mass is 32.1. The van der Waals surface area contributed by atoms with Crippen LogP contribution in [0, 0.1) is 6.92 Å². The summed E-state index contributed by atoms with van der Waals surface area (Å²) >= 11 is 5.05. The zero-order valence-electron chi connectivity index (χ0n) is 21.2. The number of hydrogen-bond donors (Lipinski definition) is 4. The molecule has 0 heterocycles. The molecule has 0 unspecified atom stereocenters. The van der Waals surface area contributed by atoms with Crippen molar-refractivity contribution in [1.29, 1.82) is 0 Å². The molecule has 3 rings (SSSR count). The molecule has 0 radical (unpaired) electrons. The second kappa shape index (κ2) is 12.1. The van der Waals surface area contributed by atoms with Crippen LogP contribution in [0.2, 0.25) is 0 Å². The second-order valence-electron chi connectivity index (χ2n) is 9.50. The Labute approximate surface area is 222 Å². The molecule has 37 heavy (non-hydrogen) atoms. The Morgan fingerprint density at radius 3 is 1.92 bits per heavy atom. The van der Waals surface area contributed by atoms with Crippen LogP contribution in [-0.4, -0.2) is 22.8 Å². The van der Waals surface area contributed by atoms with E-state index in [-0.39, 0.29) is 16.4 Å². The molecule has 0 aliphatic heterocycles. The van der Waals surface area contributed by atoms with Crippen LogP contribution in [0.25, 0.3) is 6.08 Å². The molecule has 0 saturated carbocycles. The second-order valence-corrected chi connectivity index (χ2v) is 9.91. The zero-order chi connectivity index (χ0) is 27.0. The van der Waals surface area contributed by atoms with Crippen molar-refractivity contribution in [1.82, 2.24) is 16.2 Å². The Kier molecular flexibility index (Phi) is 8.92. The Bertz CT molecular complexity index is 1310. The molecule has 8 heteroatoms. The van der Waals surface area contributed by atoms with Crippen molar-refractivity contribution in [2.75, 3.05) is 5.32 Å². The maximum absolute atomic E-state index is 12.5. The Hall–Kier alpha value is -4.30. The molecule has 190 valence electrons. The van der Waals surface area contributed by atoms with Gasteiger partial charge in [0.05, 0.1) is 0 Å². The molecular formula is C29H30N4O3S. The third-order valence-corrected chi connectivity index (χ3v) is 5.65. The summed E-state index contributed by atoms with van der Waals surface area (Å²) in [5, 5.41) is 5.23. The summed E-state index contributed by atoms with van der Waals surface area (Å²) in [4.78, 5) is 37.0. The van der Waals surface area contributed by atoms with Crippen molar-refractivity contribution in [2.24, 2.45) is 0 Å². The molecular weight excluding hydrogens is 484 g/mol. The Balaban J connectivity index is 1.46. The van der Waals surface area contributed by atoms with E-state index in [9.17, 15) is 14.4 Å². The highest BCUT2D eigenvalue weighted by Crippen LogP contribution is 2.22. The first-order valence-electron chi connectivity index (χ1n) is 11.7. The summed E-state index contributed by atoms with van der Waals surface area (Å²) in [5.74, 6) is -1.13. The number of rotatable bonds is 5. The van der Waals surface area contributed by atoms with Crippen LogP contribution in [0.3, 0.4) is 0 Å². The van der Waals surface area contributed by atoms with Gasteiger partial charge in [-0.3, -0.25) is 30.6 Å². The zero-order valence-corrected chi connectivity index (χ0v) is 22.0. The lowest BCUT2D eigenvalue weighted by molar-refractivity contribution is -0.115. The van der Waals surface area contributed by atoms with E-state index >= 15 is 0 Å². The van der Waals surface area contributed by atoms with Crippen molar-refractivity contribution in [3.05, 3.63) is 107 Å². The SMILES string of the molecule is Cc1ccc(/C=C/C(=O)NC(=S)NNC(=O)c2ccc(NC(=O)c3ccc(C(C)(C)C)cc3)cc2)cc1. The van der Waals surface area contributed by atoms with E-state index in [0.717, 1.165) is 16.7 Å². The Morgan fingerprint density at radius 1 is 0.757 bits per heavy atom. The molecule has 0 fully saturated rings. The molecule has 4 N–H and O–H groups in total. The van der Waals surface area contributed by atoms with Gasteiger partial charge in [0.1, 0.15) is 0 Å². The summed E-state index contributed by atoms with van der Waals surface area (Å²) in [6, 6.07) is 21.6. The quantitative estimate of drug-likeness (QED) is 0.221. The van der Waals surface area contributed by atoms with Crippen LogP contribution < -0.4 is 21.5 Å². The first-order chi connectivity index (χ1) is 17.5. The number of nitrogens with one attached hydrogen (secondary N) is 4.